The molecule has 5 aliphatic rings. The molecule has 14 nitrogen and oxygen atoms in total. The van der Waals surface area contributed by atoms with Crippen molar-refractivity contribution in [2.75, 3.05) is 40.5 Å². The van der Waals surface area contributed by atoms with Gasteiger partial charge in [-0.1, -0.05) is 90.0 Å². The topological polar surface area (TPSA) is 192 Å². The molecule has 2 amide bonds. The number of ether oxygens (including phenoxy) is 4. The number of benzene rings is 4. The third-order valence-corrected chi connectivity index (χ3v) is 12.9. The first-order chi connectivity index (χ1) is 33.6. The van der Waals surface area contributed by atoms with E-state index in [0.717, 1.165) is 42.8 Å². The number of nitrogens with two attached hydrogens (primary N) is 2. The van der Waals surface area contributed by atoms with E-state index in [1.165, 1.54) is 58.6 Å². The fourth-order valence-electron chi connectivity index (χ4n) is 9.05. The molecule has 2 aliphatic carbocycles. The van der Waals surface area contributed by atoms with Gasteiger partial charge < -0.3 is 35.5 Å². The van der Waals surface area contributed by atoms with Crippen molar-refractivity contribution in [3.63, 3.8) is 0 Å². The van der Waals surface area contributed by atoms with Gasteiger partial charge in [-0.15, -0.1) is 0 Å². The highest BCUT2D eigenvalue weighted by molar-refractivity contribution is 6.09. The molecule has 3 heterocycles. The number of rotatable bonds is 13. The number of aliphatic imine (C=N–C) groups is 2. The van der Waals surface area contributed by atoms with Crippen LogP contribution in [0.5, 0.6) is 11.5 Å². The normalized spacial score (nSPS) is 22.5. The van der Waals surface area contributed by atoms with Crippen molar-refractivity contribution in [1.82, 2.24) is 9.80 Å². The Labute approximate surface area is 403 Å². The number of esters is 1. The Morgan fingerprint density at radius 2 is 1.14 bits per heavy atom. The largest absolute Gasteiger partial charge is 0.463 e. The van der Waals surface area contributed by atoms with Gasteiger partial charge in [0.1, 0.15) is 11.5 Å². The molecule has 3 fully saturated rings. The molecule has 1 saturated heterocycles. The van der Waals surface area contributed by atoms with E-state index in [2.05, 4.69) is 19.5 Å². The van der Waals surface area contributed by atoms with E-state index in [9.17, 15) is 31.9 Å². The summed E-state index contributed by atoms with van der Waals surface area (Å²) in [5.74, 6) is -0.397. The van der Waals surface area contributed by atoms with E-state index >= 15 is 0 Å². The standard InChI is InChI=1S/C25H25F2N3O4.C23H23F2N3O3.C4H8O/c1-3-33-21(31)13-15-11-17(12-15)16-5-4-6-19(14-16)25(22(32)30(2)24(28)29-25)18-7-9-20(10-8-18)34-23(26)27;1-28-20(30)23(27-22(28)26,17-5-7-19(8-6-17)31-21(24)25)18-4-2-3-15(13-18)16-11-14(12-16)9-10-29;1-2-4-5-3-1/h4-10,13-14,17,23H,3,11-12H2,1-2H3,(H2,28,29);2-9,13,16,21,29H,10-12H2,1H3,(H2,26,27);1-4H2. The predicted octanol–water partition coefficient (Wildman–Crippen LogP) is 7.60. The minimum atomic E-state index is -2.95. The summed E-state index contributed by atoms with van der Waals surface area (Å²) in [6.07, 6.45) is 9.06. The lowest BCUT2D eigenvalue weighted by molar-refractivity contribution is -0.137. The van der Waals surface area contributed by atoms with Gasteiger partial charge in [0.05, 0.1) is 13.2 Å². The van der Waals surface area contributed by atoms with Crippen LogP contribution in [0, 0.1) is 0 Å². The number of hydrogen-bond acceptors (Lipinski definition) is 12. The third-order valence-electron chi connectivity index (χ3n) is 12.9. The highest BCUT2D eigenvalue weighted by Crippen LogP contribution is 2.46. The lowest BCUT2D eigenvalue weighted by Crippen LogP contribution is -2.41. The molecule has 70 heavy (non-hydrogen) atoms. The summed E-state index contributed by atoms with van der Waals surface area (Å²) in [7, 11) is 3.10. The van der Waals surface area contributed by atoms with Crippen molar-refractivity contribution in [3.05, 3.63) is 154 Å². The van der Waals surface area contributed by atoms with Crippen molar-refractivity contribution >= 4 is 29.7 Å². The molecule has 4 aromatic carbocycles. The lowest BCUT2D eigenvalue weighted by Gasteiger charge is -2.32. The van der Waals surface area contributed by atoms with Gasteiger partial charge in [0.15, 0.2) is 23.0 Å². The maximum absolute atomic E-state index is 13.4. The van der Waals surface area contributed by atoms with Crippen LogP contribution in [-0.4, -0.2) is 98.4 Å². The zero-order chi connectivity index (χ0) is 50.2. The minimum Gasteiger partial charge on any atom is -0.463 e. The average Bonchev–Trinajstić information content (AvgIpc) is 4.04. The molecule has 0 spiro atoms. The molecule has 5 N–H and O–H groups in total. The molecule has 370 valence electrons. The fraction of sp³-hybridized carbons (Fsp3) is 0.365. The van der Waals surface area contributed by atoms with Crippen molar-refractivity contribution < 1.29 is 56.0 Å². The quantitative estimate of drug-likeness (QED) is 0.0521. The van der Waals surface area contributed by atoms with Crippen LogP contribution in [0.2, 0.25) is 0 Å². The summed E-state index contributed by atoms with van der Waals surface area (Å²) in [5, 5.41) is 9.06. The second-order valence-corrected chi connectivity index (χ2v) is 17.3. The maximum Gasteiger partial charge on any atom is 0.387 e. The third kappa shape index (κ3) is 10.9. The van der Waals surface area contributed by atoms with Gasteiger partial charge in [0, 0.05) is 33.4 Å². The molecule has 3 aliphatic heterocycles. The number of alkyl halides is 4. The number of halogens is 4. The number of hydrogen-bond donors (Lipinski definition) is 3. The van der Waals surface area contributed by atoms with Crippen LogP contribution in [0.4, 0.5) is 17.6 Å². The highest BCUT2D eigenvalue weighted by Gasteiger charge is 2.51. The molecular formula is C52H56F4N6O8. The smallest absolute Gasteiger partial charge is 0.387 e. The van der Waals surface area contributed by atoms with E-state index in [1.807, 2.05) is 48.5 Å². The van der Waals surface area contributed by atoms with E-state index < -0.39 is 24.3 Å². The average molecular weight is 969 g/mol. The van der Waals surface area contributed by atoms with E-state index in [4.69, 9.17) is 26.0 Å². The number of nitrogens with zero attached hydrogens (tertiary/aromatic N) is 4. The Balaban J connectivity index is 0.000000188. The summed E-state index contributed by atoms with van der Waals surface area (Å²) < 4.78 is 69.0. The molecule has 2 atom stereocenters. The first-order valence-corrected chi connectivity index (χ1v) is 22.9. The summed E-state index contributed by atoms with van der Waals surface area (Å²) >= 11 is 0. The van der Waals surface area contributed by atoms with Crippen molar-refractivity contribution in [3.8, 4) is 11.5 Å². The first kappa shape index (κ1) is 50.8. The monoisotopic (exact) mass is 968 g/mol. The second-order valence-electron chi connectivity index (χ2n) is 17.3. The number of allylic oxidation sites excluding steroid dienone is 2. The number of aliphatic hydroxyl groups excluding tert-OH is 1. The SMILES string of the molecule is C1CCOC1.CCOC(=O)C=C1CC(c2cccc(C3(c4ccc(OC(F)F)cc4)N=C(N)N(C)C3=O)c2)C1.CN1C(=O)C(c2ccc(OC(F)F)cc2)(c2cccc(C3CC(=CCO)C3)c2)N=C1N. The second kappa shape index (κ2) is 22.1. The molecular weight excluding hydrogens is 913 g/mol. The van der Waals surface area contributed by atoms with Crippen LogP contribution >= 0.6 is 0 Å². The predicted molar refractivity (Wildman–Crippen MR) is 253 cm³/mol. The molecule has 4 aromatic rings. The number of guanidine groups is 2. The minimum absolute atomic E-state index is 0.00364. The van der Waals surface area contributed by atoms with Gasteiger partial charge in [-0.3, -0.25) is 19.4 Å². The number of carbonyl (C=O) groups is 3. The summed E-state index contributed by atoms with van der Waals surface area (Å²) in [6, 6.07) is 27.0. The number of carbonyl (C=O) groups excluding carboxylic acids is 3. The molecule has 0 bridgehead atoms. The van der Waals surface area contributed by atoms with Crippen molar-refractivity contribution in [2.45, 2.75) is 81.6 Å². The Morgan fingerprint density at radius 3 is 1.49 bits per heavy atom. The van der Waals surface area contributed by atoms with Crippen molar-refractivity contribution in [1.29, 1.82) is 0 Å². The van der Waals surface area contributed by atoms with Crippen LogP contribution in [0.1, 0.15) is 90.7 Å². The fourth-order valence-corrected chi connectivity index (χ4v) is 9.05. The zero-order valence-corrected chi connectivity index (χ0v) is 39.0. The Morgan fingerprint density at radius 1 is 0.714 bits per heavy atom. The van der Waals surface area contributed by atoms with E-state index in [-0.39, 0.29) is 53.7 Å². The van der Waals surface area contributed by atoms with Crippen LogP contribution in [0.25, 0.3) is 0 Å². The molecule has 0 radical (unpaired) electrons. The molecule has 9 rings (SSSR count). The van der Waals surface area contributed by atoms with Crippen molar-refractivity contribution in [2.24, 2.45) is 21.5 Å². The van der Waals surface area contributed by atoms with Gasteiger partial charge in [-0.2, -0.15) is 17.6 Å². The Kier molecular flexibility index (Phi) is 16.1. The highest BCUT2D eigenvalue weighted by atomic mass is 19.3. The van der Waals surface area contributed by atoms with Gasteiger partial charge in [-0.05, 0) is 115 Å². The summed E-state index contributed by atoms with van der Waals surface area (Å²) in [6.45, 7) is -1.76. The Bertz CT molecular complexity index is 2630. The van der Waals surface area contributed by atoms with E-state index in [0.29, 0.717) is 47.6 Å². The number of amides is 2. The molecule has 0 aromatic heterocycles. The summed E-state index contributed by atoms with van der Waals surface area (Å²) in [5.41, 5.74) is 15.8. The van der Waals surface area contributed by atoms with Gasteiger partial charge in [0.25, 0.3) is 11.8 Å². The maximum atomic E-state index is 13.4. The Hall–Kier alpha value is -7.05. The van der Waals surface area contributed by atoms with Gasteiger partial charge in [-0.25, -0.2) is 14.8 Å². The molecule has 2 saturated carbocycles. The van der Waals surface area contributed by atoms with Gasteiger partial charge >= 0.3 is 19.2 Å². The van der Waals surface area contributed by atoms with Gasteiger partial charge in [0.2, 0.25) is 0 Å². The van der Waals surface area contributed by atoms with Crippen LogP contribution in [-0.2, 0) is 34.9 Å². The number of likely N-dealkylation sites (N-methyl/N-ethyl adjacent to an activating group) is 2. The van der Waals surface area contributed by atoms with Crippen LogP contribution in [0.15, 0.2) is 130 Å². The van der Waals surface area contributed by atoms with E-state index in [1.54, 1.807) is 51.4 Å². The summed E-state index contributed by atoms with van der Waals surface area (Å²) in [4.78, 5) is 50.1. The number of aliphatic hydroxyl groups is 1. The lowest BCUT2D eigenvalue weighted by atomic mass is 9.74. The molecule has 2 unspecified atom stereocenters. The van der Waals surface area contributed by atoms with Crippen LogP contribution in [0.3, 0.4) is 0 Å². The zero-order valence-electron chi connectivity index (χ0n) is 39.0. The van der Waals surface area contributed by atoms with Crippen LogP contribution < -0.4 is 20.9 Å². The molecule has 18 heteroatoms. The first-order valence-electron chi connectivity index (χ1n) is 22.9.